The number of methoxy groups -OCH3 is 1. The van der Waals surface area contributed by atoms with Crippen LogP contribution in [0.25, 0.3) is 0 Å². The first-order chi connectivity index (χ1) is 12.3. The largest absolute Gasteiger partial charge is 0.497 e. The van der Waals surface area contributed by atoms with E-state index in [-0.39, 0.29) is 36.7 Å². The number of nitrogens with one attached hydrogen (secondary N) is 2. The van der Waals surface area contributed by atoms with Crippen LogP contribution >= 0.6 is 24.0 Å². The number of halogens is 4. The maximum atomic E-state index is 11.9. The van der Waals surface area contributed by atoms with E-state index in [0.29, 0.717) is 37.0 Å². The molecule has 0 fully saturated rings. The molecule has 1 aromatic rings. The molecule has 1 unspecified atom stereocenters. The van der Waals surface area contributed by atoms with Crippen LogP contribution in [0.5, 0.6) is 11.5 Å². The molecule has 0 spiro atoms. The predicted molar refractivity (Wildman–Crippen MR) is 109 cm³/mol. The third-order valence-corrected chi connectivity index (χ3v) is 3.18. The Bertz CT molecular complexity index is 560. The van der Waals surface area contributed by atoms with Crippen molar-refractivity contribution in [1.29, 1.82) is 0 Å². The molecule has 0 aliphatic carbocycles. The third kappa shape index (κ3) is 12.6. The maximum Gasteiger partial charge on any atom is 0.411 e. The van der Waals surface area contributed by atoms with Crippen LogP contribution in [0.3, 0.4) is 0 Å². The Morgan fingerprint density at radius 3 is 2.56 bits per heavy atom. The molecule has 1 atom stereocenters. The van der Waals surface area contributed by atoms with Gasteiger partial charge in [0.05, 0.1) is 13.7 Å². The summed E-state index contributed by atoms with van der Waals surface area (Å²) < 4.78 is 51.3. The maximum absolute atomic E-state index is 11.9. The van der Waals surface area contributed by atoms with Gasteiger partial charge < -0.3 is 24.8 Å². The molecule has 0 bridgehead atoms. The molecular formula is C17H27F3IN3O3. The van der Waals surface area contributed by atoms with Gasteiger partial charge in [0, 0.05) is 26.3 Å². The minimum atomic E-state index is -4.29. The number of benzene rings is 1. The Kier molecular flexibility index (Phi) is 13.0. The molecule has 0 heterocycles. The van der Waals surface area contributed by atoms with Crippen molar-refractivity contribution in [2.45, 2.75) is 25.6 Å². The monoisotopic (exact) mass is 505 g/mol. The fraction of sp³-hybridized carbons (Fsp3) is 0.588. The Balaban J connectivity index is 0.00000676. The molecule has 0 aliphatic heterocycles. The topological polar surface area (TPSA) is 64.1 Å². The van der Waals surface area contributed by atoms with E-state index in [4.69, 9.17) is 9.47 Å². The molecule has 6 nitrogen and oxygen atoms in total. The van der Waals surface area contributed by atoms with Crippen LogP contribution in [0.15, 0.2) is 29.3 Å². The van der Waals surface area contributed by atoms with Crippen molar-refractivity contribution in [3.63, 3.8) is 0 Å². The molecule has 10 heteroatoms. The van der Waals surface area contributed by atoms with Crippen molar-refractivity contribution >= 4 is 29.9 Å². The van der Waals surface area contributed by atoms with E-state index in [2.05, 4.69) is 20.4 Å². The molecule has 0 aliphatic rings. The van der Waals surface area contributed by atoms with Gasteiger partial charge in [-0.15, -0.1) is 24.0 Å². The molecule has 0 saturated carbocycles. The molecule has 1 rings (SSSR count). The second kappa shape index (κ2) is 13.7. The fourth-order valence-corrected chi connectivity index (χ4v) is 1.98. The van der Waals surface area contributed by atoms with Crippen LogP contribution in [-0.4, -0.2) is 58.7 Å². The third-order valence-electron chi connectivity index (χ3n) is 3.18. The highest BCUT2D eigenvalue weighted by atomic mass is 127. The van der Waals surface area contributed by atoms with E-state index in [1.54, 1.807) is 20.2 Å². The number of guanidine groups is 1. The summed E-state index contributed by atoms with van der Waals surface area (Å²) in [5, 5.41) is 6.10. The minimum absolute atomic E-state index is 0. The molecule has 0 amide bonds. The van der Waals surface area contributed by atoms with E-state index in [9.17, 15) is 13.2 Å². The zero-order valence-corrected chi connectivity index (χ0v) is 18.0. The number of ether oxygens (including phenoxy) is 3. The average molecular weight is 505 g/mol. The molecule has 1 aromatic carbocycles. The molecule has 2 N–H and O–H groups in total. The smallest absolute Gasteiger partial charge is 0.411 e. The van der Waals surface area contributed by atoms with Gasteiger partial charge in [-0.1, -0.05) is 6.07 Å². The minimum Gasteiger partial charge on any atom is -0.497 e. The highest BCUT2D eigenvalue weighted by molar-refractivity contribution is 14.0. The number of hydrogen-bond acceptors (Lipinski definition) is 4. The van der Waals surface area contributed by atoms with Crippen LogP contribution in [0.2, 0.25) is 0 Å². The molecular weight excluding hydrogens is 478 g/mol. The predicted octanol–water partition coefficient (Wildman–Crippen LogP) is 3.21. The van der Waals surface area contributed by atoms with Gasteiger partial charge in [-0.3, -0.25) is 4.99 Å². The van der Waals surface area contributed by atoms with Gasteiger partial charge in [-0.25, -0.2) is 0 Å². The molecule has 27 heavy (non-hydrogen) atoms. The van der Waals surface area contributed by atoms with Crippen molar-refractivity contribution in [2.24, 2.45) is 4.99 Å². The standard InChI is InChI=1S/C17H26F3N3O3.HI/c1-13(26-15-7-4-6-14(10-15)24-3)11-23-16(21-2)22-8-5-9-25-12-17(18,19)20;/h4,6-7,10,13H,5,8-9,11-12H2,1-3H3,(H2,21,22,23);1H. The van der Waals surface area contributed by atoms with E-state index in [1.165, 1.54) is 0 Å². The summed E-state index contributed by atoms with van der Waals surface area (Å²) in [7, 11) is 3.21. The number of aliphatic imine (C=N–C) groups is 1. The summed E-state index contributed by atoms with van der Waals surface area (Å²) in [5.74, 6) is 1.96. The fourth-order valence-electron chi connectivity index (χ4n) is 1.98. The Hall–Kier alpha value is -1.43. The lowest BCUT2D eigenvalue weighted by atomic mass is 10.3. The highest BCUT2D eigenvalue weighted by Gasteiger charge is 2.27. The lowest BCUT2D eigenvalue weighted by molar-refractivity contribution is -0.173. The summed E-state index contributed by atoms with van der Waals surface area (Å²) >= 11 is 0. The lowest BCUT2D eigenvalue weighted by Gasteiger charge is -2.18. The zero-order valence-electron chi connectivity index (χ0n) is 15.6. The van der Waals surface area contributed by atoms with E-state index in [1.807, 2.05) is 25.1 Å². The van der Waals surface area contributed by atoms with Crippen LogP contribution in [0, 0.1) is 0 Å². The van der Waals surface area contributed by atoms with Crippen LogP contribution in [-0.2, 0) is 4.74 Å². The Morgan fingerprint density at radius 2 is 1.93 bits per heavy atom. The second-order valence-electron chi connectivity index (χ2n) is 5.51. The SMILES string of the molecule is CN=C(NCCCOCC(F)(F)F)NCC(C)Oc1cccc(OC)c1.I. The van der Waals surface area contributed by atoms with Crippen molar-refractivity contribution in [3.05, 3.63) is 24.3 Å². The van der Waals surface area contributed by atoms with E-state index >= 15 is 0 Å². The summed E-state index contributed by atoms with van der Waals surface area (Å²) in [6.45, 7) is 1.66. The number of alkyl halides is 3. The van der Waals surface area contributed by atoms with Crippen molar-refractivity contribution in [2.75, 3.05) is 40.5 Å². The van der Waals surface area contributed by atoms with E-state index < -0.39 is 12.8 Å². The summed E-state index contributed by atoms with van der Waals surface area (Å²) in [4.78, 5) is 4.05. The van der Waals surface area contributed by atoms with Crippen molar-refractivity contribution < 1.29 is 27.4 Å². The first kappa shape index (κ1) is 25.6. The summed E-state index contributed by atoms with van der Waals surface area (Å²) in [6, 6.07) is 7.31. The Labute approximate surface area is 174 Å². The van der Waals surface area contributed by atoms with Crippen molar-refractivity contribution in [3.8, 4) is 11.5 Å². The van der Waals surface area contributed by atoms with Gasteiger partial charge in [0.1, 0.15) is 24.2 Å². The van der Waals surface area contributed by atoms with E-state index in [0.717, 1.165) is 0 Å². The second-order valence-corrected chi connectivity index (χ2v) is 5.51. The average Bonchev–Trinajstić information content (AvgIpc) is 2.59. The van der Waals surface area contributed by atoms with Crippen LogP contribution < -0.4 is 20.1 Å². The summed E-state index contributed by atoms with van der Waals surface area (Å²) in [5.41, 5.74) is 0. The van der Waals surface area contributed by atoms with Crippen LogP contribution in [0.4, 0.5) is 13.2 Å². The van der Waals surface area contributed by atoms with Crippen molar-refractivity contribution in [1.82, 2.24) is 10.6 Å². The lowest BCUT2D eigenvalue weighted by Crippen LogP contribution is -2.42. The van der Waals surface area contributed by atoms with Crippen LogP contribution in [0.1, 0.15) is 13.3 Å². The summed E-state index contributed by atoms with van der Waals surface area (Å²) in [6.07, 6.45) is -3.98. The normalized spacial score (nSPS) is 12.7. The Morgan fingerprint density at radius 1 is 1.22 bits per heavy atom. The van der Waals surface area contributed by atoms with Gasteiger partial charge in [0.2, 0.25) is 0 Å². The van der Waals surface area contributed by atoms with Gasteiger partial charge in [-0.05, 0) is 25.5 Å². The first-order valence-electron chi connectivity index (χ1n) is 8.23. The van der Waals surface area contributed by atoms with Gasteiger partial charge in [0.25, 0.3) is 0 Å². The molecule has 156 valence electrons. The quantitative estimate of drug-likeness (QED) is 0.222. The highest BCUT2D eigenvalue weighted by Crippen LogP contribution is 2.19. The molecule has 0 saturated heterocycles. The zero-order chi connectivity index (χ0) is 19.4. The van der Waals surface area contributed by atoms with Gasteiger partial charge in [0.15, 0.2) is 5.96 Å². The number of nitrogens with zero attached hydrogens (tertiary/aromatic N) is 1. The van der Waals surface area contributed by atoms with Gasteiger partial charge in [-0.2, -0.15) is 13.2 Å². The molecule has 0 radical (unpaired) electrons. The first-order valence-corrected chi connectivity index (χ1v) is 8.23. The number of hydrogen-bond donors (Lipinski definition) is 2. The van der Waals surface area contributed by atoms with Gasteiger partial charge >= 0.3 is 6.18 Å². The molecule has 0 aromatic heterocycles. The number of rotatable bonds is 10.